The number of aromatic amines is 1. The Hall–Kier alpha value is -1.86. The normalized spacial score (nSPS) is 18.5. The Balaban J connectivity index is 1.78. The number of aryl methyl sites for hydroxylation is 1. The van der Waals surface area contributed by atoms with Crippen LogP contribution in [0.4, 0.5) is 0 Å². The quantitative estimate of drug-likeness (QED) is 0.846. The van der Waals surface area contributed by atoms with Crippen molar-refractivity contribution in [2.75, 3.05) is 6.54 Å². The SMILES string of the molecule is Cc1nc(S[C@@H]2CCCCN(C(=O)c3ccc(Cl)cc3)C2=O)n[nH]1. The van der Waals surface area contributed by atoms with Crippen molar-refractivity contribution in [1.82, 2.24) is 20.1 Å². The number of nitrogens with one attached hydrogen (secondary N) is 1. The van der Waals surface area contributed by atoms with Crippen LogP contribution < -0.4 is 0 Å². The highest BCUT2D eigenvalue weighted by Crippen LogP contribution is 2.28. The summed E-state index contributed by atoms with van der Waals surface area (Å²) in [4.78, 5) is 31.1. The molecule has 1 aliphatic rings. The lowest BCUT2D eigenvalue weighted by Gasteiger charge is -2.21. The first kappa shape index (κ1) is 17.0. The van der Waals surface area contributed by atoms with Crippen molar-refractivity contribution in [3.63, 3.8) is 0 Å². The highest BCUT2D eigenvalue weighted by molar-refractivity contribution is 8.00. The van der Waals surface area contributed by atoms with E-state index in [1.54, 1.807) is 24.3 Å². The second-order valence-corrected chi connectivity index (χ2v) is 7.21. The maximum Gasteiger partial charge on any atom is 0.260 e. The molecule has 1 aliphatic heterocycles. The van der Waals surface area contributed by atoms with E-state index < -0.39 is 0 Å². The minimum atomic E-state index is -0.348. The molecule has 1 aromatic heterocycles. The average molecular weight is 365 g/mol. The molecule has 0 saturated carbocycles. The molecule has 0 aliphatic carbocycles. The minimum Gasteiger partial charge on any atom is -0.278 e. The highest BCUT2D eigenvalue weighted by atomic mass is 35.5. The van der Waals surface area contributed by atoms with E-state index in [0.717, 1.165) is 12.8 Å². The number of aromatic nitrogens is 3. The predicted octanol–water partition coefficient (Wildman–Crippen LogP) is 3.08. The minimum absolute atomic E-state index is 0.181. The first-order valence-electron chi connectivity index (χ1n) is 7.71. The van der Waals surface area contributed by atoms with Crippen molar-refractivity contribution in [3.05, 3.63) is 40.7 Å². The van der Waals surface area contributed by atoms with E-state index in [1.807, 2.05) is 6.92 Å². The second kappa shape index (κ2) is 7.36. The number of likely N-dealkylation sites (tertiary alicyclic amines) is 1. The molecular weight excluding hydrogens is 348 g/mol. The molecule has 0 unspecified atom stereocenters. The largest absolute Gasteiger partial charge is 0.278 e. The molecule has 0 bridgehead atoms. The Morgan fingerprint density at radius 3 is 2.75 bits per heavy atom. The molecule has 6 nitrogen and oxygen atoms in total. The van der Waals surface area contributed by atoms with Gasteiger partial charge < -0.3 is 0 Å². The van der Waals surface area contributed by atoms with Crippen molar-refractivity contribution >= 4 is 35.2 Å². The Morgan fingerprint density at radius 1 is 1.33 bits per heavy atom. The van der Waals surface area contributed by atoms with Crippen LogP contribution in [0.25, 0.3) is 0 Å². The topological polar surface area (TPSA) is 79.0 Å². The molecule has 3 rings (SSSR count). The van der Waals surface area contributed by atoms with E-state index in [2.05, 4.69) is 15.2 Å². The van der Waals surface area contributed by atoms with Crippen molar-refractivity contribution in [2.45, 2.75) is 36.6 Å². The lowest BCUT2D eigenvalue weighted by atomic mass is 10.2. The average Bonchev–Trinajstić information content (AvgIpc) is 2.89. The number of thioether (sulfide) groups is 1. The Labute approximate surface area is 149 Å². The summed E-state index contributed by atoms with van der Waals surface area (Å²) in [5.74, 6) is 0.239. The van der Waals surface area contributed by atoms with Gasteiger partial charge in [-0.05, 0) is 44.0 Å². The van der Waals surface area contributed by atoms with Gasteiger partial charge in [0.25, 0.3) is 5.91 Å². The second-order valence-electron chi connectivity index (χ2n) is 5.61. The summed E-state index contributed by atoms with van der Waals surface area (Å²) in [5.41, 5.74) is 0.465. The van der Waals surface area contributed by atoms with Gasteiger partial charge in [-0.15, -0.1) is 5.10 Å². The highest BCUT2D eigenvalue weighted by Gasteiger charge is 2.32. The van der Waals surface area contributed by atoms with Crippen molar-refractivity contribution in [1.29, 1.82) is 0 Å². The zero-order valence-electron chi connectivity index (χ0n) is 13.2. The molecule has 0 spiro atoms. The van der Waals surface area contributed by atoms with Gasteiger partial charge in [0.15, 0.2) is 0 Å². The number of hydrogen-bond donors (Lipinski definition) is 1. The first-order chi connectivity index (χ1) is 11.5. The number of carbonyl (C=O) groups is 2. The molecule has 24 heavy (non-hydrogen) atoms. The summed E-state index contributed by atoms with van der Waals surface area (Å²) in [6.07, 6.45) is 2.40. The van der Waals surface area contributed by atoms with Gasteiger partial charge in [-0.1, -0.05) is 29.8 Å². The third-order valence-electron chi connectivity index (χ3n) is 3.80. The molecule has 2 heterocycles. The number of halogens is 1. The molecule has 0 radical (unpaired) electrons. The monoisotopic (exact) mass is 364 g/mol. The van der Waals surface area contributed by atoms with E-state index in [4.69, 9.17) is 11.6 Å². The summed E-state index contributed by atoms with van der Waals surface area (Å²) in [6.45, 7) is 2.24. The van der Waals surface area contributed by atoms with Crippen LogP contribution in [0.1, 0.15) is 35.4 Å². The molecule has 8 heteroatoms. The van der Waals surface area contributed by atoms with Crippen molar-refractivity contribution < 1.29 is 9.59 Å². The molecule has 2 aromatic rings. The molecule has 1 N–H and O–H groups in total. The number of benzene rings is 1. The van der Waals surface area contributed by atoms with Crippen LogP contribution in [-0.2, 0) is 4.79 Å². The molecule has 2 amide bonds. The summed E-state index contributed by atoms with van der Waals surface area (Å²) in [5, 5.41) is 7.58. The zero-order valence-corrected chi connectivity index (χ0v) is 14.7. The summed E-state index contributed by atoms with van der Waals surface area (Å²) < 4.78 is 0. The van der Waals surface area contributed by atoms with Crippen LogP contribution in [0.5, 0.6) is 0 Å². The van der Waals surface area contributed by atoms with E-state index >= 15 is 0 Å². The number of H-pyrrole nitrogens is 1. The van der Waals surface area contributed by atoms with Gasteiger partial charge in [-0.3, -0.25) is 19.6 Å². The number of imide groups is 1. The fourth-order valence-electron chi connectivity index (χ4n) is 2.57. The van der Waals surface area contributed by atoms with E-state index in [0.29, 0.717) is 34.5 Å². The Kier molecular flexibility index (Phi) is 5.20. The van der Waals surface area contributed by atoms with E-state index in [1.165, 1.54) is 16.7 Å². The van der Waals surface area contributed by atoms with Gasteiger partial charge in [0, 0.05) is 17.1 Å². The van der Waals surface area contributed by atoms with Crippen LogP contribution in [0.3, 0.4) is 0 Å². The van der Waals surface area contributed by atoms with E-state index in [9.17, 15) is 9.59 Å². The maximum atomic E-state index is 12.8. The van der Waals surface area contributed by atoms with Crippen molar-refractivity contribution in [2.24, 2.45) is 0 Å². The lowest BCUT2D eigenvalue weighted by molar-refractivity contribution is -0.127. The third kappa shape index (κ3) is 3.79. The van der Waals surface area contributed by atoms with Crippen LogP contribution >= 0.6 is 23.4 Å². The van der Waals surface area contributed by atoms with Gasteiger partial charge in [0.05, 0.1) is 5.25 Å². The number of amides is 2. The maximum absolute atomic E-state index is 12.8. The fraction of sp³-hybridized carbons (Fsp3) is 0.375. The summed E-state index contributed by atoms with van der Waals surface area (Å²) in [7, 11) is 0. The van der Waals surface area contributed by atoms with Gasteiger partial charge in [0.1, 0.15) is 5.82 Å². The van der Waals surface area contributed by atoms with Crippen LogP contribution in [0.15, 0.2) is 29.4 Å². The molecule has 1 saturated heterocycles. The predicted molar refractivity (Wildman–Crippen MR) is 92.1 cm³/mol. The first-order valence-corrected chi connectivity index (χ1v) is 8.97. The molecule has 1 aromatic carbocycles. The zero-order chi connectivity index (χ0) is 17.1. The van der Waals surface area contributed by atoms with Gasteiger partial charge in [-0.25, -0.2) is 4.98 Å². The van der Waals surface area contributed by atoms with Crippen LogP contribution in [0, 0.1) is 6.92 Å². The number of carbonyl (C=O) groups excluding carboxylic acids is 2. The number of nitrogens with zero attached hydrogens (tertiary/aromatic N) is 3. The van der Waals surface area contributed by atoms with Crippen molar-refractivity contribution in [3.8, 4) is 0 Å². The lowest BCUT2D eigenvalue weighted by Crippen LogP contribution is -2.41. The summed E-state index contributed by atoms with van der Waals surface area (Å²) >= 11 is 7.17. The Morgan fingerprint density at radius 2 is 2.08 bits per heavy atom. The van der Waals surface area contributed by atoms with E-state index in [-0.39, 0.29) is 17.1 Å². The number of rotatable bonds is 3. The fourth-order valence-corrected chi connectivity index (χ4v) is 3.75. The van der Waals surface area contributed by atoms with Gasteiger partial charge in [0.2, 0.25) is 11.1 Å². The van der Waals surface area contributed by atoms with Crippen LogP contribution in [0.2, 0.25) is 5.02 Å². The van der Waals surface area contributed by atoms with Crippen LogP contribution in [-0.4, -0.2) is 43.7 Å². The molecule has 126 valence electrons. The Bertz CT molecular complexity index is 747. The third-order valence-corrected chi connectivity index (χ3v) is 5.17. The van der Waals surface area contributed by atoms with Gasteiger partial charge in [-0.2, -0.15) is 0 Å². The summed E-state index contributed by atoms with van der Waals surface area (Å²) in [6, 6.07) is 6.59. The smallest absolute Gasteiger partial charge is 0.260 e. The molecule has 1 fully saturated rings. The molecule has 1 atom stereocenters. The standard InChI is InChI=1S/C16H17ClN4O2S/c1-10-18-16(20-19-10)24-13-4-2-3-9-21(15(13)23)14(22)11-5-7-12(17)8-6-11/h5-8,13H,2-4,9H2,1H3,(H,18,19,20)/t13-/m1/s1. The number of hydrogen-bond acceptors (Lipinski definition) is 5. The van der Waals surface area contributed by atoms with Gasteiger partial charge >= 0.3 is 0 Å². The molecular formula is C16H17ClN4O2S.